The molecule has 2 unspecified atom stereocenters. The zero-order chi connectivity index (χ0) is 22.0. The predicted molar refractivity (Wildman–Crippen MR) is 119 cm³/mol. The van der Waals surface area contributed by atoms with Crippen LogP contribution in [0.3, 0.4) is 0 Å². The van der Waals surface area contributed by atoms with Gasteiger partial charge in [-0.3, -0.25) is 4.79 Å². The molecule has 1 amide bonds. The van der Waals surface area contributed by atoms with Crippen molar-refractivity contribution in [2.45, 2.75) is 44.6 Å². The molecule has 2 atom stereocenters. The topological polar surface area (TPSA) is 41.6 Å². The van der Waals surface area contributed by atoms with Crippen LogP contribution in [0, 0.1) is 17.6 Å². The summed E-state index contributed by atoms with van der Waals surface area (Å²) >= 11 is 9.84. The van der Waals surface area contributed by atoms with Crippen LogP contribution in [0.25, 0.3) is 0 Å². The van der Waals surface area contributed by atoms with Crippen molar-refractivity contribution in [3.63, 3.8) is 0 Å². The first kappa shape index (κ1) is 22.6. The van der Waals surface area contributed by atoms with Gasteiger partial charge in [0.15, 0.2) is 11.6 Å². The third-order valence-electron chi connectivity index (χ3n) is 5.80. The molecule has 1 N–H and O–H groups in total. The average molecular weight is 514 g/mol. The van der Waals surface area contributed by atoms with Gasteiger partial charge in [-0.25, -0.2) is 8.78 Å². The quantitative estimate of drug-likeness (QED) is 0.562. The first-order chi connectivity index (χ1) is 14.9. The molecule has 2 aliphatic rings. The van der Waals surface area contributed by atoms with Gasteiger partial charge in [-0.15, -0.1) is 0 Å². The van der Waals surface area contributed by atoms with E-state index in [1.165, 1.54) is 6.07 Å². The molecular formula is C23H24BrClF2N2O2. The van der Waals surface area contributed by atoms with Crippen LogP contribution >= 0.6 is 27.5 Å². The average Bonchev–Trinajstić information content (AvgIpc) is 3.60. The van der Waals surface area contributed by atoms with Crippen LogP contribution in [0.2, 0.25) is 5.02 Å². The van der Waals surface area contributed by atoms with Crippen molar-refractivity contribution in [3.8, 4) is 0 Å². The van der Waals surface area contributed by atoms with Crippen molar-refractivity contribution in [1.82, 2.24) is 10.2 Å². The number of piperidine rings is 1. The lowest BCUT2D eigenvalue weighted by molar-refractivity contribution is -0.144. The summed E-state index contributed by atoms with van der Waals surface area (Å²) < 4.78 is 33.6. The Balaban J connectivity index is 1.47. The second-order valence-corrected chi connectivity index (χ2v) is 9.45. The van der Waals surface area contributed by atoms with Crippen LogP contribution in [0.5, 0.6) is 0 Å². The highest BCUT2D eigenvalue weighted by atomic mass is 79.9. The lowest BCUT2D eigenvalue weighted by Gasteiger charge is -2.35. The summed E-state index contributed by atoms with van der Waals surface area (Å²) in [5, 5.41) is 3.92. The van der Waals surface area contributed by atoms with Crippen molar-refractivity contribution in [2.24, 2.45) is 5.92 Å². The van der Waals surface area contributed by atoms with Gasteiger partial charge in [-0.1, -0.05) is 33.6 Å². The second kappa shape index (κ2) is 9.94. The molecule has 8 heteroatoms. The Morgan fingerprint density at radius 1 is 1.16 bits per heavy atom. The molecule has 0 bridgehead atoms. The van der Waals surface area contributed by atoms with E-state index in [0.29, 0.717) is 30.1 Å². The Kier molecular flexibility index (Phi) is 7.26. The number of nitrogens with zero attached hydrogens (tertiary/aromatic N) is 1. The van der Waals surface area contributed by atoms with Crippen molar-refractivity contribution in [3.05, 3.63) is 68.7 Å². The number of benzene rings is 2. The molecule has 2 aromatic carbocycles. The first-order valence-corrected chi connectivity index (χ1v) is 11.6. The van der Waals surface area contributed by atoms with E-state index in [1.54, 1.807) is 0 Å². The smallest absolute Gasteiger partial charge is 0.230 e. The molecular weight excluding hydrogens is 490 g/mol. The van der Waals surface area contributed by atoms with E-state index in [0.717, 1.165) is 41.6 Å². The number of halogens is 4. The molecule has 4 rings (SSSR count). The van der Waals surface area contributed by atoms with Crippen LogP contribution < -0.4 is 5.32 Å². The van der Waals surface area contributed by atoms with Gasteiger partial charge in [-0.05, 0) is 67.3 Å². The number of amides is 1. The zero-order valence-corrected chi connectivity index (χ0v) is 19.3. The number of carbonyl (C=O) groups is 1. The monoisotopic (exact) mass is 512 g/mol. The van der Waals surface area contributed by atoms with Crippen LogP contribution in [0.15, 0.2) is 40.9 Å². The molecule has 166 valence electrons. The lowest BCUT2D eigenvalue weighted by Crippen LogP contribution is -2.50. The van der Waals surface area contributed by atoms with E-state index < -0.39 is 11.6 Å². The fraction of sp³-hybridized carbons (Fsp3) is 0.435. The van der Waals surface area contributed by atoms with Gasteiger partial charge in [0.2, 0.25) is 5.91 Å². The van der Waals surface area contributed by atoms with Crippen LogP contribution in [-0.4, -0.2) is 36.0 Å². The Hall–Kier alpha value is -1.54. The fourth-order valence-corrected chi connectivity index (χ4v) is 4.53. The highest BCUT2D eigenvalue weighted by Crippen LogP contribution is 2.33. The number of ether oxygens (including phenoxy) is 1. The first-order valence-electron chi connectivity index (χ1n) is 10.4. The van der Waals surface area contributed by atoms with E-state index >= 15 is 0 Å². The molecule has 1 saturated heterocycles. The minimum atomic E-state index is -0.898. The van der Waals surface area contributed by atoms with E-state index in [9.17, 15) is 13.6 Å². The van der Waals surface area contributed by atoms with Gasteiger partial charge in [0.05, 0.1) is 18.6 Å². The normalized spacial score (nSPS) is 21.2. The SMILES string of the molecule is O=C(C1CNCCC1OCc1ccc(F)c(F)c1)N(Cc1cc(Br)ccc1Cl)C1CC1. The fourth-order valence-electron chi connectivity index (χ4n) is 3.95. The maximum absolute atomic E-state index is 13.5. The highest BCUT2D eigenvalue weighted by Gasteiger charge is 2.40. The molecule has 2 fully saturated rings. The summed E-state index contributed by atoms with van der Waals surface area (Å²) in [5.74, 6) is -2.08. The van der Waals surface area contributed by atoms with E-state index in [4.69, 9.17) is 16.3 Å². The summed E-state index contributed by atoms with van der Waals surface area (Å²) in [6, 6.07) is 9.60. The predicted octanol–water partition coefficient (Wildman–Crippen LogP) is 5.07. The largest absolute Gasteiger partial charge is 0.373 e. The lowest BCUT2D eigenvalue weighted by atomic mass is 9.94. The molecule has 31 heavy (non-hydrogen) atoms. The number of hydrogen-bond acceptors (Lipinski definition) is 3. The number of carbonyl (C=O) groups excluding carboxylic acids is 1. The molecule has 1 aliphatic carbocycles. The van der Waals surface area contributed by atoms with Gasteiger partial charge >= 0.3 is 0 Å². The van der Waals surface area contributed by atoms with E-state index in [2.05, 4.69) is 21.2 Å². The Bertz CT molecular complexity index is 957. The molecule has 1 aliphatic heterocycles. The van der Waals surface area contributed by atoms with Gasteiger partial charge in [0.1, 0.15) is 0 Å². The third kappa shape index (κ3) is 5.64. The van der Waals surface area contributed by atoms with Gasteiger partial charge in [-0.2, -0.15) is 0 Å². The highest BCUT2D eigenvalue weighted by molar-refractivity contribution is 9.10. The number of nitrogens with one attached hydrogen (secondary N) is 1. The van der Waals surface area contributed by atoms with Crippen molar-refractivity contribution >= 4 is 33.4 Å². The second-order valence-electron chi connectivity index (χ2n) is 8.13. The Morgan fingerprint density at radius 3 is 2.71 bits per heavy atom. The summed E-state index contributed by atoms with van der Waals surface area (Å²) in [6.07, 6.45) is 2.35. The van der Waals surface area contributed by atoms with Crippen molar-refractivity contribution in [1.29, 1.82) is 0 Å². The molecule has 0 aromatic heterocycles. The standard InChI is InChI=1S/C23H24BrClF2N2O2/c24-16-2-5-19(25)15(10-16)12-29(17-3-4-17)23(30)18-11-28-8-7-22(18)31-13-14-1-6-20(26)21(27)9-14/h1-2,5-6,9-10,17-18,22,28H,3-4,7-8,11-13H2. The van der Waals surface area contributed by atoms with E-state index in [1.807, 2.05) is 23.1 Å². The summed E-state index contributed by atoms with van der Waals surface area (Å²) in [4.78, 5) is 15.5. The van der Waals surface area contributed by atoms with Crippen molar-refractivity contribution < 1.29 is 18.3 Å². The number of hydrogen-bond donors (Lipinski definition) is 1. The molecule has 0 radical (unpaired) electrons. The van der Waals surface area contributed by atoms with Crippen LogP contribution in [0.1, 0.15) is 30.4 Å². The summed E-state index contributed by atoms with van der Waals surface area (Å²) in [7, 11) is 0. The Labute approximate surface area is 194 Å². The molecule has 1 saturated carbocycles. The minimum absolute atomic E-state index is 0.0426. The zero-order valence-electron chi connectivity index (χ0n) is 16.9. The summed E-state index contributed by atoms with van der Waals surface area (Å²) in [6.45, 7) is 1.85. The van der Waals surface area contributed by atoms with Crippen LogP contribution in [0.4, 0.5) is 8.78 Å². The summed E-state index contributed by atoms with van der Waals surface area (Å²) in [5.41, 5.74) is 1.45. The maximum atomic E-state index is 13.5. The van der Waals surface area contributed by atoms with Crippen LogP contribution in [-0.2, 0) is 22.7 Å². The van der Waals surface area contributed by atoms with Gasteiger partial charge < -0.3 is 15.0 Å². The molecule has 4 nitrogen and oxygen atoms in total. The van der Waals surface area contributed by atoms with E-state index in [-0.39, 0.29) is 30.6 Å². The maximum Gasteiger partial charge on any atom is 0.230 e. The number of rotatable bonds is 7. The molecule has 1 heterocycles. The molecule has 2 aromatic rings. The Morgan fingerprint density at radius 2 is 1.97 bits per heavy atom. The van der Waals surface area contributed by atoms with Gasteiger partial charge in [0.25, 0.3) is 0 Å². The van der Waals surface area contributed by atoms with Crippen molar-refractivity contribution in [2.75, 3.05) is 13.1 Å². The van der Waals surface area contributed by atoms with Gasteiger partial charge in [0, 0.05) is 28.6 Å². The third-order valence-corrected chi connectivity index (χ3v) is 6.67. The minimum Gasteiger partial charge on any atom is -0.373 e. The molecule has 0 spiro atoms.